The van der Waals surface area contributed by atoms with Crippen LogP contribution in [-0.4, -0.2) is 46.0 Å². The Labute approximate surface area is 219 Å². The Hall–Kier alpha value is -3.47. The molecule has 0 fully saturated rings. The summed E-state index contributed by atoms with van der Waals surface area (Å²) in [6, 6.07) is 9.16. The molecule has 0 amide bonds. The first-order valence-corrected chi connectivity index (χ1v) is 13.5. The summed E-state index contributed by atoms with van der Waals surface area (Å²) in [5.41, 5.74) is -0.167. The van der Waals surface area contributed by atoms with E-state index in [2.05, 4.69) is 30.5 Å². The molecule has 0 radical (unpaired) electrons. The van der Waals surface area contributed by atoms with Crippen molar-refractivity contribution < 1.29 is 31.0 Å². The van der Waals surface area contributed by atoms with E-state index in [1.165, 1.54) is 30.3 Å². The largest absolute Gasteiger partial charge is 0.505 e. The van der Waals surface area contributed by atoms with Crippen molar-refractivity contribution in [3.8, 4) is 5.75 Å². The highest BCUT2D eigenvalue weighted by Gasteiger charge is 2.23. The first-order valence-electron chi connectivity index (χ1n) is 9.83. The third-order valence-electron chi connectivity index (χ3n) is 4.82. The van der Waals surface area contributed by atoms with Crippen molar-refractivity contribution >= 4 is 77.2 Å². The lowest BCUT2D eigenvalue weighted by molar-refractivity contribution is 0.472. The lowest BCUT2D eigenvalue weighted by atomic mass is 10.1. The van der Waals surface area contributed by atoms with Gasteiger partial charge in [-0.2, -0.15) is 31.8 Å². The number of aromatic nitrogens is 3. The quantitative estimate of drug-likeness (QED) is 0.175. The average molecular weight is 585 g/mol. The molecule has 0 unspecified atom stereocenters. The number of azo groups is 1. The Kier molecular flexibility index (Phi) is 7.02. The fraction of sp³-hybridized carbons (Fsp3) is 0.0500. The van der Waals surface area contributed by atoms with Gasteiger partial charge in [-0.25, -0.2) is 0 Å². The van der Waals surface area contributed by atoms with Crippen LogP contribution in [0.25, 0.3) is 10.8 Å². The van der Waals surface area contributed by atoms with Crippen LogP contribution in [0.2, 0.25) is 10.6 Å². The third-order valence-corrected chi connectivity index (χ3v) is 6.90. The Balaban J connectivity index is 1.84. The minimum atomic E-state index is -4.95. The molecule has 3 aromatic carbocycles. The summed E-state index contributed by atoms with van der Waals surface area (Å²) >= 11 is 11.5. The van der Waals surface area contributed by atoms with Gasteiger partial charge >= 0.3 is 0 Å². The van der Waals surface area contributed by atoms with Crippen LogP contribution in [0.15, 0.2) is 62.5 Å². The summed E-state index contributed by atoms with van der Waals surface area (Å²) < 4.78 is 67.0. The first kappa shape index (κ1) is 26.6. The number of halogens is 2. The minimum Gasteiger partial charge on any atom is -0.505 e. The van der Waals surface area contributed by atoms with E-state index >= 15 is 0 Å². The molecule has 1 heterocycles. The van der Waals surface area contributed by atoms with E-state index in [9.17, 15) is 31.0 Å². The number of nitrogens with one attached hydrogen (secondary N) is 1. The second kappa shape index (κ2) is 9.77. The van der Waals surface area contributed by atoms with Crippen molar-refractivity contribution in [1.82, 2.24) is 15.0 Å². The predicted octanol–water partition coefficient (Wildman–Crippen LogP) is 5.00. The Morgan fingerprint density at radius 1 is 0.838 bits per heavy atom. The van der Waals surface area contributed by atoms with Gasteiger partial charge in [0.2, 0.25) is 16.5 Å². The van der Waals surface area contributed by atoms with Gasteiger partial charge in [0.1, 0.15) is 21.2 Å². The van der Waals surface area contributed by atoms with E-state index < -0.39 is 41.5 Å². The summed E-state index contributed by atoms with van der Waals surface area (Å²) in [5.74, 6) is -0.686. The SMILES string of the molecule is Cc1ccc(N=Nc2c(S(=O)(=O)O)cc3cc(Nc4nc(Cl)nc(Cl)n4)ccc3c2O)c(S(=O)(=O)O)c1. The van der Waals surface area contributed by atoms with Gasteiger partial charge in [0.25, 0.3) is 20.2 Å². The number of phenols is 1. The van der Waals surface area contributed by atoms with Crippen LogP contribution in [0.4, 0.5) is 23.0 Å². The topological polar surface area (TPSA) is 204 Å². The number of nitrogens with zero attached hydrogens (tertiary/aromatic N) is 5. The van der Waals surface area contributed by atoms with Crippen LogP contribution in [0.1, 0.15) is 5.56 Å². The Morgan fingerprint density at radius 2 is 1.49 bits per heavy atom. The van der Waals surface area contributed by atoms with E-state index in [0.717, 1.165) is 12.1 Å². The lowest BCUT2D eigenvalue weighted by Gasteiger charge is -2.11. The fourth-order valence-electron chi connectivity index (χ4n) is 3.25. The molecule has 0 aliphatic heterocycles. The summed E-state index contributed by atoms with van der Waals surface area (Å²) in [4.78, 5) is 9.93. The van der Waals surface area contributed by atoms with Gasteiger partial charge in [-0.1, -0.05) is 6.07 Å². The number of benzene rings is 3. The number of anilines is 2. The number of hydrogen-bond acceptors (Lipinski definition) is 11. The van der Waals surface area contributed by atoms with E-state index in [4.69, 9.17) is 23.2 Å². The van der Waals surface area contributed by atoms with Crippen LogP contribution in [0, 0.1) is 6.92 Å². The zero-order valence-electron chi connectivity index (χ0n) is 18.3. The van der Waals surface area contributed by atoms with Crippen LogP contribution >= 0.6 is 23.2 Å². The average Bonchev–Trinajstić information content (AvgIpc) is 2.77. The fourth-order valence-corrected chi connectivity index (χ4v) is 4.98. The molecule has 0 aliphatic carbocycles. The molecule has 13 nitrogen and oxygen atoms in total. The van der Waals surface area contributed by atoms with E-state index in [1.54, 1.807) is 6.92 Å². The maximum absolute atomic E-state index is 12.1. The van der Waals surface area contributed by atoms with Crippen molar-refractivity contribution in [3.63, 3.8) is 0 Å². The Morgan fingerprint density at radius 3 is 2.11 bits per heavy atom. The zero-order valence-corrected chi connectivity index (χ0v) is 21.5. The van der Waals surface area contributed by atoms with E-state index in [0.29, 0.717) is 11.3 Å². The number of aromatic hydroxyl groups is 1. The number of phenolic OH excluding ortho intramolecular Hbond substituents is 1. The van der Waals surface area contributed by atoms with Crippen LogP contribution in [0.3, 0.4) is 0 Å². The molecule has 0 saturated heterocycles. The smallest absolute Gasteiger partial charge is 0.296 e. The van der Waals surface area contributed by atoms with Gasteiger partial charge in [-0.15, -0.1) is 10.2 Å². The van der Waals surface area contributed by atoms with E-state index in [1.807, 2.05) is 0 Å². The normalized spacial score (nSPS) is 12.4. The highest BCUT2D eigenvalue weighted by Crippen LogP contribution is 2.42. The van der Waals surface area contributed by atoms with Crippen molar-refractivity contribution in [2.45, 2.75) is 16.7 Å². The van der Waals surface area contributed by atoms with Crippen LogP contribution < -0.4 is 5.32 Å². The summed E-state index contributed by atoms with van der Waals surface area (Å²) in [5, 5.41) is 20.9. The number of hydrogen-bond donors (Lipinski definition) is 4. The number of fused-ring (bicyclic) bond motifs is 1. The molecule has 0 bridgehead atoms. The molecule has 4 rings (SSSR count). The molecule has 0 atom stereocenters. The number of aryl methyl sites for hydroxylation is 1. The molecule has 192 valence electrons. The van der Waals surface area contributed by atoms with Gasteiger partial charge in [-0.05, 0) is 77.5 Å². The summed E-state index contributed by atoms with van der Waals surface area (Å²) in [7, 11) is -9.65. The number of rotatable bonds is 6. The molecular formula is C20H14Cl2N6O7S2. The standard InChI is InChI=1S/C20H14Cl2N6O7S2/c1-9-2-5-13(14(6-9)36(30,31)32)27-28-16-15(37(33,34)35)8-10-7-11(3-4-12(10)17(16)29)23-20-25-18(21)24-19(22)26-20/h2-8,29H,1H3,(H,30,31,32)(H,33,34,35)(H,23,24,25,26). The molecular weight excluding hydrogens is 571 g/mol. The molecule has 1 aromatic heterocycles. The van der Waals surface area contributed by atoms with E-state index in [-0.39, 0.29) is 33.0 Å². The van der Waals surface area contributed by atoms with Crippen molar-refractivity contribution in [1.29, 1.82) is 0 Å². The zero-order chi connectivity index (χ0) is 27.1. The van der Waals surface area contributed by atoms with Crippen molar-refractivity contribution in [2.75, 3.05) is 5.32 Å². The lowest BCUT2D eigenvalue weighted by Crippen LogP contribution is -2.01. The summed E-state index contributed by atoms with van der Waals surface area (Å²) in [6.45, 7) is 1.58. The van der Waals surface area contributed by atoms with Gasteiger partial charge < -0.3 is 10.4 Å². The van der Waals surface area contributed by atoms with Gasteiger partial charge in [-0.3, -0.25) is 9.11 Å². The monoisotopic (exact) mass is 584 g/mol. The maximum atomic E-state index is 12.1. The highest BCUT2D eigenvalue weighted by atomic mass is 35.5. The molecule has 4 N–H and O–H groups in total. The highest BCUT2D eigenvalue weighted by molar-refractivity contribution is 7.86. The van der Waals surface area contributed by atoms with Gasteiger partial charge in [0.15, 0.2) is 5.75 Å². The van der Waals surface area contributed by atoms with Gasteiger partial charge in [0, 0.05) is 11.1 Å². The molecule has 17 heteroatoms. The molecule has 37 heavy (non-hydrogen) atoms. The molecule has 0 saturated carbocycles. The van der Waals surface area contributed by atoms with Crippen LogP contribution in [0.5, 0.6) is 5.75 Å². The maximum Gasteiger partial charge on any atom is 0.296 e. The molecule has 0 aliphatic rings. The second-order valence-electron chi connectivity index (χ2n) is 7.45. The van der Waals surface area contributed by atoms with Crippen LogP contribution in [-0.2, 0) is 20.2 Å². The van der Waals surface area contributed by atoms with Crippen molar-refractivity contribution in [2.24, 2.45) is 10.2 Å². The second-order valence-corrected chi connectivity index (χ2v) is 10.9. The van der Waals surface area contributed by atoms with Crippen molar-refractivity contribution in [3.05, 3.63) is 58.6 Å². The predicted molar refractivity (Wildman–Crippen MR) is 134 cm³/mol. The third kappa shape index (κ3) is 5.93. The molecule has 0 spiro atoms. The first-order chi connectivity index (χ1) is 17.2. The summed E-state index contributed by atoms with van der Waals surface area (Å²) in [6.07, 6.45) is 0. The Bertz CT molecular complexity index is 1800. The minimum absolute atomic E-state index is 0.0123. The van der Waals surface area contributed by atoms with Gasteiger partial charge in [0.05, 0.1) is 0 Å². The molecule has 4 aromatic rings.